The van der Waals surface area contributed by atoms with Crippen LogP contribution in [0.5, 0.6) is 5.75 Å². The van der Waals surface area contributed by atoms with Crippen LogP contribution >= 0.6 is 0 Å². The minimum Gasteiger partial charge on any atom is -0.493 e. The first-order valence-corrected chi connectivity index (χ1v) is 8.51. The third kappa shape index (κ3) is 2.51. The largest absolute Gasteiger partial charge is 0.493 e. The van der Waals surface area contributed by atoms with E-state index in [1.54, 1.807) is 12.1 Å². The van der Waals surface area contributed by atoms with Crippen LogP contribution in [0.25, 0.3) is 0 Å². The number of carbonyl (C=O) groups is 1. The van der Waals surface area contributed by atoms with Gasteiger partial charge in [0.1, 0.15) is 11.8 Å². The summed E-state index contributed by atoms with van der Waals surface area (Å²) in [5.41, 5.74) is 6.25. The SMILES string of the molecule is NC(=O)[C@H]1CCCCN1S(=O)(=O)c1ccc2c(c1)CCO2. The van der Waals surface area contributed by atoms with Gasteiger partial charge >= 0.3 is 0 Å². The van der Waals surface area contributed by atoms with Crippen molar-refractivity contribution in [3.05, 3.63) is 23.8 Å². The molecule has 0 aliphatic carbocycles. The second-order valence-corrected chi connectivity index (χ2v) is 7.29. The predicted octanol–water partition coefficient (Wildman–Crippen LogP) is 0.650. The number of piperidine rings is 1. The first-order valence-electron chi connectivity index (χ1n) is 7.07. The molecule has 114 valence electrons. The highest BCUT2D eigenvalue weighted by Crippen LogP contribution is 2.31. The summed E-state index contributed by atoms with van der Waals surface area (Å²) in [6.45, 7) is 0.913. The molecule has 6 nitrogen and oxygen atoms in total. The van der Waals surface area contributed by atoms with E-state index in [0.29, 0.717) is 26.0 Å². The maximum atomic E-state index is 12.8. The number of hydrogen-bond acceptors (Lipinski definition) is 4. The molecule has 0 unspecified atom stereocenters. The average Bonchev–Trinajstić information content (AvgIpc) is 2.94. The predicted molar refractivity (Wildman–Crippen MR) is 76.4 cm³/mol. The molecule has 0 aromatic heterocycles. The Hall–Kier alpha value is -1.60. The topological polar surface area (TPSA) is 89.7 Å². The number of benzene rings is 1. The Labute approximate surface area is 123 Å². The lowest BCUT2D eigenvalue weighted by atomic mass is 10.0. The van der Waals surface area contributed by atoms with Gasteiger partial charge in [0.15, 0.2) is 0 Å². The number of ether oxygens (including phenoxy) is 1. The van der Waals surface area contributed by atoms with Crippen molar-refractivity contribution in [3.63, 3.8) is 0 Å². The monoisotopic (exact) mass is 310 g/mol. The molecule has 3 rings (SSSR count). The van der Waals surface area contributed by atoms with Crippen molar-refractivity contribution in [2.75, 3.05) is 13.2 Å². The van der Waals surface area contributed by atoms with E-state index in [2.05, 4.69) is 0 Å². The molecule has 1 aromatic rings. The maximum absolute atomic E-state index is 12.8. The number of primary amides is 1. The van der Waals surface area contributed by atoms with Crippen LogP contribution < -0.4 is 10.5 Å². The normalized spacial score (nSPS) is 22.6. The van der Waals surface area contributed by atoms with Crippen LogP contribution in [-0.4, -0.2) is 37.8 Å². The molecule has 1 saturated heterocycles. The molecule has 0 spiro atoms. The minimum absolute atomic E-state index is 0.208. The summed E-state index contributed by atoms with van der Waals surface area (Å²) in [6, 6.07) is 4.11. The van der Waals surface area contributed by atoms with Crippen molar-refractivity contribution in [1.29, 1.82) is 0 Å². The Morgan fingerprint density at radius 1 is 1.33 bits per heavy atom. The molecule has 21 heavy (non-hydrogen) atoms. The summed E-state index contributed by atoms with van der Waals surface area (Å²) in [5, 5.41) is 0. The third-order valence-electron chi connectivity index (χ3n) is 4.05. The molecule has 2 aliphatic heterocycles. The highest BCUT2D eigenvalue weighted by Gasteiger charge is 2.36. The van der Waals surface area contributed by atoms with Gasteiger partial charge in [0.25, 0.3) is 0 Å². The van der Waals surface area contributed by atoms with Gasteiger partial charge < -0.3 is 10.5 Å². The summed E-state index contributed by atoms with van der Waals surface area (Å²) in [7, 11) is -3.70. The molecule has 0 bridgehead atoms. The van der Waals surface area contributed by atoms with Crippen molar-refractivity contribution in [3.8, 4) is 5.75 Å². The van der Waals surface area contributed by atoms with Crippen LogP contribution in [0.1, 0.15) is 24.8 Å². The van der Waals surface area contributed by atoms with Crippen LogP contribution in [-0.2, 0) is 21.2 Å². The molecule has 2 N–H and O–H groups in total. The lowest BCUT2D eigenvalue weighted by Crippen LogP contribution is -2.50. The zero-order valence-electron chi connectivity index (χ0n) is 11.6. The van der Waals surface area contributed by atoms with Crippen LogP contribution in [0.2, 0.25) is 0 Å². The molecule has 1 aromatic carbocycles. The average molecular weight is 310 g/mol. The fourth-order valence-electron chi connectivity index (χ4n) is 2.94. The highest BCUT2D eigenvalue weighted by atomic mass is 32.2. The zero-order chi connectivity index (χ0) is 15.0. The molecule has 0 radical (unpaired) electrons. The van der Waals surface area contributed by atoms with Gasteiger partial charge in [-0.05, 0) is 36.6 Å². The van der Waals surface area contributed by atoms with Crippen molar-refractivity contribution >= 4 is 15.9 Å². The number of amides is 1. The Morgan fingerprint density at radius 3 is 2.90 bits per heavy atom. The molecule has 0 saturated carbocycles. The Kier molecular flexibility index (Phi) is 3.62. The Balaban J connectivity index is 1.97. The molecular formula is C14H18N2O4S. The highest BCUT2D eigenvalue weighted by molar-refractivity contribution is 7.89. The summed E-state index contributed by atoms with van der Waals surface area (Å²) in [5.74, 6) is 0.154. The van der Waals surface area contributed by atoms with Gasteiger partial charge in [-0.3, -0.25) is 4.79 Å². The number of carbonyl (C=O) groups excluding carboxylic acids is 1. The van der Waals surface area contributed by atoms with E-state index in [1.807, 2.05) is 0 Å². The van der Waals surface area contributed by atoms with Gasteiger partial charge in [0.05, 0.1) is 11.5 Å². The molecule has 1 amide bonds. The summed E-state index contributed by atoms with van der Waals surface area (Å²) in [6.07, 6.45) is 2.76. The Morgan fingerprint density at radius 2 is 2.14 bits per heavy atom. The zero-order valence-corrected chi connectivity index (χ0v) is 12.4. The number of fused-ring (bicyclic) bond motifs is 1. The minimum atomic E-state index is -3.70. The maximum Gasteiger partial charge on any atom is 0.243 e. The fraction of sp³-hybridized carbons (Fsp3) is 0.500. The first kappa shape index (κ1) is 14.3. The number of nitrogens with two attached hydrogens (primary N) is 1. The summed E-state index contributed by atoms with van der Waals surface area (Å²) in [4.78, 5) is 11.7. The van der Waals surface area contributed by atoms with Crippen molar-refractivity contribution in [2.45, 2.75) is 36.6 Å². The van der Waals surface area contributed by atoms with Gasteiger partial charge in [-0.15, -0.1) is 0 Å². The van der Waals surface area contributed by atoms with E-state index >= 15 is 0 Å². The van der Waals surface area contributed by atoms with Gasteiger partial charge in [0.2, 0.25) is 15.9 Å². The van der Waals surface area contributed by atoms with E-state index in [1.165, 1.54) is 10.4 Å². The molecule has 2 aliphatic rings. The molecular weight excluding hydrogens is 292 g/mol. The third-order valence-corrected chi connectivity index (χ3v) is 5.95. The standard InChI is InChI=1S/C14H18N2O4S/c15-14(17)12-3-1-2-7-16(12)21(18,19)11-4-5-13-10(9-11)6-8-20-13/h4-5,9,12H,1-3,6-8H2,(H2,15,17)/t12-/m1/s1. The van der Waals surface area contributed by atoms with E-state index in [-0.39, 0.29) is 4.90 Å². The summed E-state index contributed by atoms with van der Waals surface area (Å²) < 4.78 is 32.2. The molecule has 7 heteroatoms. The van der Waals surface area contributed by atoms with Crippen LogP contribution in [0.3, 0.4) is 0 Å². The number of nitrogens with zero attached hydrogens (tertiary/aromatic N) is 1. The van der Waals surface area contributed by atoms with Gasteiger partial charge in [0, 0.05) is 13.0 Å². The lowest BCUT2D eigenvalue weighted by Gasteiger charge is -2.32. The van der Waals surface area contributed by atoms with Gasteiger partial charge in [-0.1, -0.05) is 6.42 Å². The number of hydrogen-bond donors (Lipinski definition) is 1. The quantitative estimate of drug-likeness (QED) is 0.887. The molecule has 1 fully saturated rings. The van der Waals surface area contributed by atoms with E-state index in [4.69, 9.17) is 10.5 Å². The van der Waals surface area contributed by atoms with Gasteiger partial charge in [-0.2, -0.15) is 4.31 Å². The van der Waals surface area contributed by atoms with Crippen molar-refractivity contribution in [1.82, 2.24) is 4.31 Å². The number of rotatable bonds is 3. The second-order valence-electron chi connectivity index (χ2n) is 5.40. The second kappa shape index (κ2) is 5.31. The molecule has 2 heterocycles. The smallest absolute Gasteiger partial charge is 0.243 e. The van der Waals surface area contributed by atoms with Crippen LogP contribution in [0, 0.1) is 0 Å². The number of sulfonamides is 1. The van der Waals surface area contributed by atoms with Crippen LogP contribution in [0.15, 0.2) is 23.1 Å². The van der Waals surface area contributed by atoms with E-state index in [0.717, 1.165) is 24.2 Å². The van der Waals surface area contributed by atoms with E-state index in [9.17, 15) is 13.2 Å². The van der Waals surface area contributed by atoms with Gasteiger partial charge in [-0.25, -0.2) is 8.42 Å². The summed E-state index contributed by atoms with van der Waals surface area (Å²) >= 11 is 0. The first-order chi connectivity index (χ1) is 10.00. The van der Waals surface area contributed by atoms with Crippen LogP contribution in [0.4, 0.5) is 0 Å². The lowest BCUT2D eigenvalue weighted by molar-refractivity contribution is -0.122. The Bertz CT molecular complexity index is 672. The van der Waals surface area contributed by atoms with Crippen molar-refractivity contribution in [2.24, 2.45) is 5.73 Å². The van der Waals surface area contributed by atoms with E-state index < -0.39 is 22.0 Å². The molecule has 1 atom stereocenters. The fourth-order valence-corrected chi connectivity index (χ4v) is 4.65. The van der Waals surface area contributed by atoms with Crippen molar-refractivity contribution < 1.29 is 17.9 Å².